The van der Waals surface area contributed by atoms with Crippen LogP contribution in [0.3, 0.4) is 0 Å². The number of thiazole rings is 1. The predicted molar refractivity (Wildman–Crippen MR) is 155 cm³/mol. The summed E-state index contributed by atoms with van der Waals surface area (Å²) in [5.41, 5.74) is 3.19. The first-order valence-corrected chi connectivity index (χ1v) is 13.9. The van der Waals surface area contributed by atoms with Crippen LogP contribution in [0.1, 0.15) is 38.0 Å². The molecule has 4 rings (SSSR count). The second-order valence-corrected chi connectivity index (χ2v) is 12.2. The molecule has 0 radical (unpaired) electrons. The standard InChI is InChI=1S/C29H28ClN3O2S2/c1-29(2,3)17-25(34)31-22-10-7-11-23(16-22)37-26(20-8-5-4-6-9-20)27(35)33-28-32-24(18-36-28)19-12-14-21(30)15-13-19/h4-16,18,26H,17H2,1-3H3,(H,31,34)(H,32,33,35). The molecule has 1 heterocycles. The van der Waals surface area contributed by atoms with Crippen molar-refractivity contribution in [2.24, 2.45) is 5.41 Å². The molecule has 0 fully saturated rings. The molecule has 0 aliphatic carbocycles. The molecule has 1 atom stereocenters. The van der Waals surface area contributed by atoms with Crippen molar-refractivity contribution in [2.45, 2.75) is 37.3 Å². The lowest BCUT2D eigenvalue weighted by Gasteiger charge is -2.18. The van der Waals surface area contributed by atoms with E-state index in [-0.39, 0.29) is 17.2 Å². The number of hydrogen-bond donors (Lipinski definition) is 2. The van der Waals surface area contributed by atoms with Crippen molar-refractivity contribution in [1.82, 2.24) is 4.98 Å². The first-order chi connectivity index (χ1) is 17.7. The zero-order valence-electron chi connectivity index (χ0n) is 20.8. The Morgan fingerprint density at radius 3 is 2.41 bits per heavy atom. The van der Waals surface area contributed by atoms with Crippen molar-refractivity contribution in [2.75, 3.05) is 10.6 Å². The number of carbonyl (C=O) groups excluding carboxylic acids is 2. The Morgan fingerprint density at radius 1 is 0.973 bits per heavy atom. The van der Waals surface area contributed by atoms with Gasteiger partial charge in [-0.15, -0.1) is 23.1 Å². The van der Waals surface area contributed by atoms with Crippen LogP contribution in [0.2, 0.25) is 5.02 Å². The molecule has 0 saturated carbocycles. The second kappa shape index (κ2) is 11.9. The summed E-state index contributed by atoms with van der Waals surface area (Å²) in [5, 5.41) is 8.55. The third-order valence-corrected chi connectivity index (χ3v) is 7.54. The molecule has 0 aliphatic rings. The van der Waals surface area contributed by atoms with Gasteiger partial charge in [-0.1, -0.05) is 80.9 Å². The third-order valence-electron chi connectivity index (χ3n) is 5.28. The number of thioether (sulfide) groups is 1. The van der Waals surface area contributed by atoms with Crippen LogP contribution in [0.25, 0.3) is 11.3 Å². The fraction of sp³-hybridized carbons (Fsp3) is 0.207. The van der Waals surface area contributed by atoms with E-state index in [4.69, 9.17) is 11.6 Å². The van der Waals surface area contributed by atoms with Gasteiger partial charge in [0.25, 0.3) is 0 Å². The van der Waals surface area contributed by atoms with E-state index in [9.17, 15) is 9.59 Å². The Morgan fingerprint density at radius 2 is 1.70 bits per heavy atom. The van der Waals surface area contributed by atoms with E-state index >= 15 is 0 Å². The minimum absolute atomic E-state index is 0.0349. The second-order valence-electron chi connectivity index (χ2n) is 9.76. The number of benzene rings is 3. The summed E-state index contributed by atoms with van der Waals surface area (Å²) in [7, 11) is 0. The number of carbonyl (C=O) groups is 2. The van der Waals surface area contributed by atoms with Crippen molar-refractivity contribution in [3.05, 3.63) is 94.8 Å². The largest absolute Gasteiger partial charge is 0.326 e. The number of nitrogens with one attached hydrogen (secondary N) is 2. The molecule has 0 spiro atoms. The van der Waals surface area contributed by atoms with Gasteiger partial charge < -0.3 is 10.6 Å². The molecule has 37 heavy (non-hydrogen) atoms. The van der Waals surface area contributed by atoms with Crippen molar-refractivity contribution in [3.63, 3.8) is 0 Å². The van der Waals surface area contributed by atoms with E-state index in [1.165, 1.54) is 23.1 Å². The van der Waals surface area contributed by atoms with E-state index < -0.39 is 5.25 Å². The number of halogens is 1. The van der Waals surface area contributed by atoms with Gasteiger partial charge in [-0.05, 0) is 41.3 Å². The number of amides is 2. The average Bonchev–Trinajstić information content (AvgIpc) is 3.31. The van der Waals surface area contributed by atoms with Crippen LogP contribution >= 0.6 is 34.7 Å². The molecule has 0 aliphatic heterocycles. The zero-order valence-corrected chi connectivity index (χ0v) is 23.2. The molecule has 0 bridgehead atoms. The van der Waals surface area contributed by atoms with Gasteiger partial charge >= 0.3 is 0 Å². The molecule has 5 nitrogen and oxygen atoms in total. The number of rotatable bonds is 8. The summed E-state index contributed by atoms with van der Waals surface area (Å²) in [6, 6.07) is 24.6. The van der Waals surface area contributed by atoms with Gasteiger partial charge in [0.2, 0.25) is 11.8 Å². The predicted octanol–water partition coefficient (Wildman–Crippen LogP) is 8.31. The summed E-state index contributed by atoms with van der Waals surface area (Å²) in [4.78, 5) is 31.4. The number of nitrogens with zero attached hydrogens (tertiary/aromatic N) is 1. The summed E-state index contributed by atoms with van der Waals surface area (Å²) in [6.45, 7) is 6.09. The van der Waals surface area contributed by atoms with Crippen molar-refractivity contribution < 1.29 is 9.59 Å². The average molecular weight is 550 g/mol. The molecule has 2 amide bonds. The molecule has 1 unspecified atom stereocenters. The fourth-order valence-corrected chi connectivity index (χ4v) is 5.56. The maximum Gasteiger partial charge on any atom is 0.244 e. The Bertz CT molecular complexity index is 1370. The number of aromatic nitrogens is 1. The first-order valence-electron chi connectivity index (χ1n) is 11.8. The normalized spacial score (nSPS) is 12.1. The van der Waals surface area contributed by atoms with Crippen LogP contribution in [-0.2, 0) is 9.59 Å². The highest BCUT2D eigenvalue weighted by Crippen LogP contribution is 2.38. The van der Waals surface area contributed by atoms with Gasteiger partial charge in [-0.2, -0.15) is 0 Å². The van der Waals surface area contributed by atoms with Gasteiger partial charge in [-0.3, -0.25) is 9.59 Å². The van der Waals surface area contributed by atoms with Crippen LogP contribution in [0, 0.1) is 5.41 Å². The maximum absolute atomic E-state index is 13.5. The Hall–Kier alpha value is -3.13. The Labute approximate surface area is 230 Å². The Balaban J connectivity index is 1.51. The van der Waals surface area contributed by atoms with E-state index in [1.807, 2.05) is 105 Å². The minimum Gasteiger partial charge on any atom is -0.326 e. The van der Waals surface area contributed by atoms with Crippen molar-refractivity contribution >= 4 is 57.3 Å². The van der Waals surface area contributed by atoms with Crippen LogP contribution in [-0.4, -0.2) is 16.8 Å². The monoisotopic (exact) mass is 549 g/mol. The van der Waals surface area contributed by atoms with E-state index in [1.54, 1.807) is 0 Å². The lowest BCUT2D eigenvalue weighted by molar-refractivity contribution is -0.118. The van der Waals surface area contributed by atoms with E-state index in [2.05, 4.69) is 15.6 Å². The minimum atomic E-state index is -0.510. The van der Waals surface area contributed by atoms with Gasteiger partial charge in [0.15, 0.2) is 5.13 Å². The van der Waals surface area contributed by atoms with Gasteiger partial charge in [-0.25, -0.2) is 4.98 Å². The van der Waals surface area contributed by atoms with Gasteiger partial charge in [0, 0.05) is 33.0 Å². The lowest BCUT2D eigenvalue weighted by atomic mass is 9.92. The highest BCUT2D eigenvalue weighted by Gasteiger charge is 2.24. The van der Waals surface area contributed by atoms with Crippen molar-refractivity contribution in [1.29, 1.82) is 0 Å². The molecule has 2 N–H and O–H groups in total. The molecule has 0 saturated heterocycles. The summed E-state index contributed by atoms with van der Waals surface area (Å²) in [5.74, 6) is -0.206. The topological polar surface area (TPSA) is 71.1 Å². The zero-order chi connectivity index (χ0) is 26.4. The third kappa shape index (κ3) is 7.92. The van der Waals surface area contributed by atoms with Crippen LogP contribution < -0.4 is 10.6 Å². The molecule has 8 heteroatoms. The van der Waals surface area contributed by atoms with Crippen molar-refractivity contribution in [3.8, 4) is 11.3 Å². The van der Waals surface area contributed by atoms with Crippen LogP contribution in [0.15, 0.2) is 89.1 Å². The quantitative estimate of drug-likeness (QED) is 0.217. The van der Waals surface area contributed by atoms with Gasteiger partial charge in [0.1, 0.15) is 5.25 Å². The highest BCUT2D eigenvalue weighted by molar-refractivity contribution is 8.00. The number of hydrogen-bond acceptors (Lipinski definition) is 5. The molecular weight excluding hydrogens is 522 g/mol. The lowest BCUT2D eigenvalue weighted by Crippen LogP contribution is -2.20. The maximum atomic E-state index is 13.5. The summed E-state index contributed by atoms with van der Waals surface area (Å²) in [6.07, 6.45) is 0.422. The SMILES string of the molecule is CC(C)(C)CC(=O)Nc1cccc(SC(C(=O)Nc2nc(-c3ccc(Cl)cc3)cs2)c2ccccc2)c1. The summed E-state index contributed by atoms with van der Waals surface area (Å²) >= 11 is 8.80. The molecule has 3 aromatic carbocycles. The number of anilines is 2. The molecule has 4 aromatic rings. The fourth-order valence-electron chi connectivity index (χ4n) is 3.63. The highest BCUT2D eigenvalue weighted by atomic mass is 35.5. The van der Waals surface area contributed by atoms with Gasteiger partial charge in [0.05, 0.1) is 5.69 Å². The van der Waals surface area contributed by atoms with E-state index in [0.29, 0.717) is 22.3 Å². The van der Waals surface area contributed by atoms with Crippen LogP contribution in [0.5, 0.6) is 0 Å². The van der Waals surface area contributed by atoms with E-state index in [0.717, 1.165) is 21.7 Å². The first kappa shape index (κ1) is 26.9. The smallest absolute Gasteiger partial charge is 0.244 e. The molecule has 1 aromatic heterocycles. The molecule has 190 valence electrons. The summed E-state index contributed by atoms with van der Waals surface area (Å²) < 4.78 is 0. The molecular formula is C29H28ClN3O2S2. The Kier molecular flexibility index (Phi) is 8.69. The van der Waals surface area contributed by atoms with Crippen LogP contribution in [0.4, 0.5) is 10.8 Å².